The number of amides is 1. The maximum atomic E-state index is 11.7. The molecule has 18 heavy (non-hydrogen) atoms. The monoisotopic (exact) mass is 273 g/mol. The summed E-state index contributed by atoms with van der Waals surface area (Å²) in [5.41, 5.74) is 0. The number of carbonyl (C=O) groups excluding carboxylic acids is 1. The van der Waals surface area contributed by atoms with Gasteiger partial charge in [0.15, 0.2) is 8.32 Å². The number of hydrogen-bond acceptors (Lipinski definition) is 3. The third kappa shape index (κ3) is 3.55. The molecule has 1 aliphatic heterocycles. The van der Waals surface area contributed by atoms with Gasteiger partial charge in [-0.25, -0.2) is 0 Å². The lowest BCUT2D eigenvalue weighted by atomic mass is 10.2. The minimum absolute atomic E-state index is 0.0935. The third-order valence-electron chi connectivity index (χ3n) is 3.77. The van der Waals surface area contributed by atoms with Crippen molar-refractivity contribution in [1.29, 1.82) is 0 Å². The Morgan fingerprint density at radius 2 is 2.06 bits per heavy atom. The Kier molecular flexibility index (Phi) is 4.22. The van der Waals surface area contributed by atoms with Gasteiger partial charge in [-0.3, -0.25) is 9.59 Å². The number of hydrogen-bond donors (Lipinski definition) is 1. The fourth-order valence-corrected chi connectivity index (χ4v) is 3.07. The van der Waals surface area contributed by atoms with Crippen LogP contribution in [-0.4, -0.2) is 49.4 Å². The van der Waals surface area contributed by atoms with E-state index >= 15 is 0 Å². The van der Waals surface area contributed by atoms with E-state index in [-0.39, 0.29) is 23.6 Å². The molecular weight excluding hydrogens is 250 g/mol. The highest BCUT2D eigenvalue weighted by atomic mass is 28.4. The van der Waals surface area contributed by atoms with Gasteiger partial charge in [-0.2, -0.15) is 0 Å². The smallest absolute Gasteiger partial charge is 0.323 e. The Bertz CT molecular complexity index is 348. The van der Waals surface area contributed by atoms with Gasteiger partial charge in [0.25, 0.3) is 0 Å². The number of rotatable bonds is 4. The van der Waals surface area contributed by atoms with Crippen LogP contribution in [0.1, 0.15) is 27.2 Å². The van der Waals surface area contributed by atoms with Crippen LogP contribution in [0.4, 0.5) is 0 Å². The van der Waals surface area contributed by atoms with E-state index in [1.165, 1.54) is 4.90 Å². The Morgan fingerprint density at radius 3 is 2.50 bits per heavy atom. The number of aliphatic carboxylic acids is 1. The molecule has 6 heteroatoms. The normalized spacial score (nSPS) is 21.5. The number of carboxylic acids is 1. The van der Waals surface area contributed by atoms with Crippen molar-refractivity contribution in [1.82, 2.24) is 4.90 Å². The van der Waals surface area contributed by atoms with Crippen molar-refractivity contribution in [3.05, 3.63) is 0 Å². The van der Waals surface area contributed by atoms with Crippen molar-refractivity contribution in [3.8, 4) is 0 Å². The zero-order valence-electron chi connectivity index (χ0n) is 11.8. The summed E-state index contributed by atoms with van der Waals surface area (Å²) >= 11 is 0. The van der Waals surface area contributed by atoms with Gasteiger partial charge >= 0.3 is 5.97 Å². The largest absolute Gasteiger partial charge is 0.480 e. The predicted octanol–water partition coefficient (Wildman–Crippen LogP) is 1.69. The fourth-order valence-electron chi connectivity index (χ4n) is 1.72. The lowest BCUT2D eigenvalue weighted by Gasteiger charge is -2.38. The zero-order chi connectivity index (χ0) is 14.1. The minimum atomic E-state index is -1.90. The highest BCUT2D eigenvalue weighted by Gasteiger charge is 2.42. The zero-order valence-corrected chi connectivity index (χ0v) is 12.8. The number of carboxylic acid groups (broad SMARTS) is 1. The molecule has 1 fully saturated rings. The third-order valence-corrected chi connectivity index (χ3v) is 8.31. The second kappa shape index (κ2) is 5.01. The van der Waals surface area contributed by atoms with E-state index in [0.717, 1.165) is 0 Å². The molecule has 0 bridgehead atoms. The van der Waals surface area contributed by atoms with Crippen molar-refractivity contribution < 1.29 is 19.1 Å². The second-order valence-electron chi connectivity index (χ2n) is 6.37. The summed E-state index contributed by atoms with van der Waals surface area (Å²) in [6.07, 6.45) is 0.150. The first-order valence-corrected chi connectivity index (χ1v) is 9.11. The van der Waals surface area contributed by atoms with Crippen molar-refractivity contribution in [2.45, 2.75) is 51.4 Å². The summed E-state index contributed by atoms with van der Waals surface area (Å²) in [4.78, 5) is 23.6. The molecule has 0 saturated carbocycles. The molecule has 0 aromatic carbocycles. The van der Waals surface area contributed by atoms with Crippen molar-refractivity contribution in [2.24, 2.45) is 0 Å². The van der Waals surface area contributed by atoms with Crippen LogP contribution in [0.5, 0.6) is 0 Å². The van der Waals surface area contributed by atoms with Gasteiger partial charge in [-0.15, -0.1) is 0 Å². The van der Waals surface area contributed by atoms with E-state index in [2.05, 4.69) is 33.9 Å². The molecule has 1 aliphatic rings. The molecule has 0 aliphatic carbocycles. The summed E-state index contributed by atoms with van der Waals surface area (Å²) in [7, 11) is -1.90. The van der Waals surface area contributed by atoms with Crippen LogP contribution in [0, 0.1) is 0 Å². The summed E-state index contributed by atoms with van der Waals surface area (Å²) < 4.78 is 6.13. The first-order valence-electron chi connectivity index (χ1n) is 6.20. The standard InChI is InChI=1S/C12H23NO4Si/c1-12(2,3)18(4,5)17-9-6-10(14)13(7-9)8-11(15)16/h9H,6-8H2,1-5H3,(H,15,16). The molecule has 1 N–H and O–H groups in total. The molecule has 0 aromatic rings. The summed E-state index contributed by atoms with van der Waals surface area (Å²) in [6.45, 7) is 10.9. The Hall–Kier alpha value is -0.883. The van der Waals surface area contributed by atoms with Crippen LogP contribution < -0.4 is 0 Å². The molecule has 1 heterocycles. The molecule has 1 atom stereocenters. The minimum Gasteiger partial charge on any atom is -0.480 e. The first-order chi connectivity index (χ1) is 8.03. The van der Waals surface area contributed by atoms with Crippen LogP contribution in [0.3, 0.4) is 0 Å². The molecule has 1 amide bonds. The molecule has 0 radical (unpaired) electrons. The maximum Gasteiger partial charge on any atom is 0.323 e. The van der Waals surface area contributed by atoms with Crippen LogP contribution >= 0.6 is 0 Å². The Labute approximate surface area is 109 Å². The van der Waals surface area contributed by atoms with Gasteiger partial charge in [0, 0.05) is 6.54 Å². The van der Waals surface area contributed by atoms with Gasteiger partial charge < -0.3 is 14.4 Å². The van der Waals surface area contributed by atoms with E-state index in [9.17, 15) is 9.59 Å². The van der Waals surface area contributed by atoms with E-state index in [0.29, 0.717) is 13.0 Å². The molecule has 0 spiro atoms. The van der Waals surface area contributed by atoms with Gasteiger partial charge in [-0.1, -0.05) is 20.8 Å². The lowest BCUT2D eigenvalue weighted by Crippen LogP contribution is -2.44. The van der Waals surface area contributed by atoms with Crippen LogP contribution in [-0.2, 0) is 14.0 Å². The quantitative estimate of drug-likeness (QED) is 0.792. The maximum absolute atomic E-state index is 11.7. The molecule has 1 unspecified atom stereocenters. The van der Waals surface area contributed by atoms with Gasteiger partial charge in [-0.05, 0) is 18.1 Å². The highest BCUT2D eigenvalue weighted by Crippen LogP contribution is 2.38. The van der Waals surface area contributed by atoms with Gasteiger partial charge in [0.1, 0.15) is 6.54 Å². The van der Waals surface area contributed by atoms with Crippen LogP contribution in [0.15, 0.2) is 0 Å². The Balaban J connectivity index is 2.62. The molecule has 1 rings (SSSR count). The van der Waals surface area contributed by atoms with Crippen molar-refractivity contribution >= 4 is 20.2 Å². The molecular formula is C12H23NO4Si. The van der Waals surface area contributed by atoms with Gasteiger partial charge in [0.2, 0.25) is 5.91 Å². The molecule has 5 nitrogen and oxygen atoms in total. The summed E-state index contributed by atoms with van der Waals surface area (Å²) in [6, 6.07) is 0. The predicted molar refractivity (Wildman–Crippen MR) is 70.9 cm³/mol. The molecule has 0 aromatic heterocycles. The second-order valence-corrected chi connectivity index (χ2v) is 11.1. The van der Waals surface area contributed by atoms with E-state index < -0.39 is 14.3 Å². The topological polar surface area (TPSA) is 66.8 Å². The average Bonchev–Trinajstić information content (AvgIpc) is 2.42. The van der Waals surface area contributed by atoms with Crippen LogP contribution in [0.2, 0.25) is 18.1 Å². The number of nitrogens with zero attached hydrogens (tertiary/aromatic N) is 1. The van der Waals surface area contributed by atoms with Crippen molar-refractivity contribution in [3.63, 3.8) is 0 Å². The van der Waals surface area contributed by atoms with E-state index in [1.807, 2.05) is 0 Å². The van der Waals surface area contributed by atoms with Gasteiger partial charge in [0.05, 0.1) is 12.5 Å². The summed E-state index contributed by atoms with van der Waals surface area (Å²) in [5.74, 6) is -1.10. The first kappa shape index (κ1) is 15.2. The highest BCUT2D eigenvalue weighted by molar-refractivity contribution is 6.74. The van der Waals surface area contributed by atoms with E-state index in [4.69, 9.17) is 9.53 Å². The molecule has 104 valence electrons. The van der Waals surface area contributed by atoms with Crippen molar-refractivity contribution in [2.75, 3.05) is 13.1 Å². The SMILES string of the molecule is CC(C)(C)[Si](C)(C)OC1CC(=O)N(CC(=O)O)C1. The number of likely N-dealkylation sites (tertiary alicyclic amines) is 1. The van der Waals surface area contributed by atoms with Crippen LogP contribution in [0.25, 0.3) is 0 Å². The van der Waals surface area contributed by atoms with E-state index in [1.54, 1.807) is 0 Å². The molecule has 1 saturated heterocycles. The average molecular weight is 273 g/mol. The number of carbonyl (C=O) groups is 2. The Morgan fingerprint density at radius 1 is 1.50 bits per heavy atom. The fraction of sp³-hybridized carbons (Fsp3) is 0.833. The summed E-state index contributed by atoms with van der Waals surface area (Å²) in [5, 5.41) is 8.81. The lowest BCUT2D eigenvalue weighted by molar-refractivity contribution is -0.142.